The quantitative estimate of drug-likeness (QED) is 0.409. The second kappa shape index (κ2) is 8.80. The lowest BCUT2D eigenvalue weighted by Gasteiger charge is -1.95. The minimum absolute atomic E-state index is 1.15. The highest BCUT2D eigenvalue weighted by molar-refractivity contribution is 5.10. The predicted octanol–water partition coefficient (Wildman–Crippen LogP) is 5.04. The monoisotopic (exact) mass is 192 g/mol. The molecule has 0 aromatic heterocycles. The van der Waals surface area contributed by atoms with Gasteiger partial charge in [-0.15, -0.1) is 0 Å². The van der Waals surface area contributed by atoms with Crippen molar-refractivity contribution < 1.29 is 0 Å². The van der Waals surface area contributed by atoms with Gasteiger partial charge in [-0.3, -0.25) is 0 Å². The average molecular weight is 192 g/mol. The van der Waals surface area contributed by atoms with Gasteiger partial charge in [0.25, 0.3) is 0 Å². The summed E-state index contributed by atoms with van der Waals surface area (Å²) in [6.07, 6.45) is 13.6. The lowest BCUT2D eigenvalue weighted by atomic mass is 10.1. The Morgan fingerprint density at radius 2 is 1.79 bits per heavy atom. The second-order valence-electron chi connectivity index (χ2n) is 3.79. The van der Waals surface area contributed by atoms with Crippen LogP contribution in [0.3, 0.4) is 0 Å². The average Bonchev–Trinajstić information content (AvgIpc) is 2.17. The van der Waals surface area contributed by atoms with E-state index in [0.717, 1.165) is 19.3 Å². The number of hydrogen-bond donors (Lipinski definition) is 0. The molecular weight excluding hydrogens is 168 g/mol. The molecule has 0 bridgehead atoms. The Balaban J connectivity index is 3.69. The van der Waals surface area contributed by atoms with Crippen LogP contribution in [0.2, 0.25) is 0 Å². The van der Waals surface area contributed by atoms with E-state index in [1.54, 1.807) is 0 Å². The van der Waals surface area contributed by atoms with E-state index in [-0.39, 0.29) is 0 Å². The van der Waals surface area contributed by atoms with Crippen LogP contribution in [0.5, 0.6) is 0 Å². The normalized spacial score (nSPS) is 14.0. The summed E-state index contributed by atoms with van der Waals surface area (Å²) < 4.78 is 0. The fourth-order valence-corrected chi connectivity index (χ4v) is 1.21. The summed E-state index contributed by atoms with van der Waals surface area (Å²) in [4.78, 5) is 0. The van der Waals surface area contributed by atoms with Crippen LogP contribution in [0.1, 0.15) is 53.4 Å². The predicted molar refractivity (Wildman–Crippen MR) is 66.5 cm³/mol. The summed E-state index contributed by atoms with van der Waals surface area (Å²) in [7, 11) is 0. The summed E-state index contributed by atoms with van der Waals surface area (Å²) in [5.74, 6) is 0. The fourth-order valence-electron chi connectivity index (χ4n) is 1.21. The summed E-state index contributed by atoms with van der Waals surface area (Å²) in [5, 5.41) is 0. The number of hydrogen-bond acceptors (Lipinski definition) is 0. The maximum Gasteiger partial charge on any atom is -0.0288 e. The van der Waals surface area contributed by atoms with Gasteiger partial charge in [0.2, 0.25) is 0 Å². The van der Waals surface area contributed by atoms with Crippen molar-refractivity contribution in [1.82, 2.24) is 0 Å². The van der Waals surface area contributed by atoms with Crippen LogP contribution in [-0.2, 0) is 0 Å². The Morgan fingerprint density at radius 1 is 1.07 bits per heavy atom. The third-order valence-corrected chi connectivity index (χ3v) is 2.33. The molecule has 0 aromatic carbocycles. The van der Waals surface area contributed by atoms with Gasteiger partial charge in [-0.1, -0.05) is 49.3 Å². The first-order valence-corrected chi connectivity index (χ1v) is 5.68. The zero-order valence-corrected chi connectivity index (χ0v) is 10.1. The van der Waals surface area contributed by atoms with Crippen molar-refractivity contribution in [2.45, 2.75) is 53.4 Å². The molecule has 14 heavy (non-hydrogen) atoms. The van der Waals surface area contributed by atoms with Gasteiger partial charge in [-0.2, -0.15) is 0 Å². The van der Waals surface area contributed by atoms with Crippen LogP contribution in [0, 0.1) is 0 Å². The van der Waals surface area contributed by atoms with E-state index in [0.29, 0.717) is 0 Å². The lowest BCUT2D eigenvalue weighted by molar-refractivity contribution is 0.961. The molecule has 0 heterocycles. The zero-order chi connectivity index (χ0) is 10.8. The molecule has 0 saturated carbocycles. The fraction of sp³-hybridized carbons (Fsp3) is 0.571. The largest absolute Gasteiger partial charge is 0.0859 e. The molecule has 0 nitrogen and oxygen atoms in total. The van der Waals surface area contributed by atoms with Gasteiger partial charge in [0.05, 0.1) is 0 Å². The topological polar surface area (TPSA) is 0 Å². The Kier molecular flexibility index (Phi) is 8.31. The third kappa shape index (κ3) is 7.85. The molecule has 0 heteroatoms. The molecule has 0 unspecified atom stereocenters. The lowest BCUT2D eigenvalue weighted by Crippen LogP contribution is -1.75. The molecule has 0 N–H and O–H groups in total. The molecule has 0 radical (unpaired) electrons. The Bertz CT molecular complexity index is 216. The van der Waals surface area contributed by atoms with E-state index in [1.807, 2.05) is 0 Å². The Morgan fingerprint density at radius 3 is 2.36 bits per heavy atom. The summed E-state index contributed by atoms with van der Waals surface area (Å²) in [5.41, 5.74) is 2.95. The molecule has 0 fully saturated rings. The van der Waals surface area contributed by atoms with Crippen molar-refractivity contribution in [1.29, 1.82) is 0 Å². The van der Waals surface area contributed by atoms with Crippen molar-refractivity contribution in [3.63, 3.8) is 0 Å². The highest BCUT2D eigenvalue weighted by atomic mass is 13.9. The van der Waals surface area contributed by atoms with Crippen LogP contribution in [0.4, 0.5) is 0 Å². The van der Waals surface area contributed by atoms with Gasteiger partial charge >= 0.3 is 0 Å². The Hall–Kier alpha value is -0.780. The van der Waals surface area contributed by atoms with Gasteiger partial charge in [0, 0.05) is 0 Å². The minimum Gasteiger partial charge on any atom is -0.0859 e. The molecule has 0 amide bonds. The maximum atomic E-state index is 2.31. The molecule has 0 aliphatic carbocycles. The van der Waals surface area contributed by atoms with E-state index in [2.05, 4.69) is 52.0 Å². The van der Waals surface area contributed by atoms with E-state index in [4.69, 9.17) is 0 Å². The van der Waals surface area contributed by atoms with Crippen molar-refractivity contribution in [2.24, 2.45) is 0 Å². The molecule has 0 rings (SSSR count). The number of allylic oxidation sites excluding steroid dienone is 6. The molecule has 0 aliphatic heterocycles. The van der Waals surface area contributed by atoms with Crippen LogP contribution < -0.4 is 0 Å². The van der Waals surface area contributed by atoms with Crippen LogP contribution in [0.15, 0.2) is 35.5 Å². The first-order chi connectivity index (χ1) is 6.70. The first-order valence-electron chi connectivity index (χ1n) is 5.68. The maximum absolute atomic E-state index is 2.31. The molecular formula is C14H24. The molecule has 0 spiro atoms. The minimum atomic E-state index is 1.15. The molecule has 80 valence electrons. The molecule has 0 atom stereocenters. The van der Waals surface area contributed by atoms with Crippen molar-refractivity contribution in [2.75, 3.05) is 0 Å². The Labute approximate surface area is 89.4 Å². The van der Waals surface area contributed by atoms with Gasteiger partial charge in [-0.25, -0.2) is 0 Å². The summed E-state index contributed by atoms with van der Waals surface area (Å²) >= 11 is 0. The van der Waals surface area contributed by atoms with Crippen molar-refractivity contribution in [3.05, 3.63) is 35.5 Å². The van der Waals surface area contributed by atoms with Gasteiger partial charge in [-0.05, 0) is 39.5 Å². The first kappa shape index (κ1) is 13.2. The van der Waals surface area contributed by atoms with Crippen LogP contribution in [0.25, 0.3) is 0 Å². The standard InChI is InChI=1S/C14H24/c1-5-10-14(4)12-9-7-8-11-13(3)6-2/h7-8,10-11H,5-6,9,12H2,1-4H3/b8-7-,13-11-,14-10-. The highest BCUT2D eigenvalue weighted by Gasteiger charge is 1.85. The van der Waals surface area contributed by atoms with Crippen LogP contribution >= 0.6 is 0 Å². The van der Waals surface area contributed by atoms with E-state index < -0.39 is 0 Å². The summed E-state index contributed by atoms with van der Waals surface area (Å²) in [6, 6.07) is 0. The highest BCUT2D eigenvalue weighted by Crippen LogP contribution is 2.06. The zero-order valence-electron chi connectivity index (χ0n) is 10.1. The molecule has 0 aliphatic rings. The smallest absolute Gasteiger partial charge is 0.0288 e. The summed E-state index contributed by atoms with van der Waals surface area (Å²) in [6.45, 7) is 8.76. The number of rotatable bonds is 6. The van der Waals surface area contributed by atoms with Crippen LogP contribution in [-0.4, -0.2) is 0 Å². The van der Waals surface area contributed by atoms with Gasteiger partial charge in [0.15, 0.2) is 0 Å². The second-order valence-corrected chi connectivity index (χ2v) is 3.79. The van der Waals surface area contributed by atoms with E-state index >= 15 is 0 Å². The molecule has 0 saturated heterocycles. The molecule has 0 aromatic rings. The van der Waals surface area contributed by atoms with Gasteiger partial charge in [0.1, 0.15) is 0 Å². The van der Waals surface area contributed by atoms with E-state index in [1.165, 1.54) is 17.6 Å². The third-order valence-electron chi connectivity index (χ3n) is 2.33. The van der Waals surface area contributed by atoms with Crippen molar-refractivity contribution in [3.8, 4) is 0 Å². The van der Waals surface area contributed by atoms with Crippen molar-refractivity contribution >= 4 is 0 Å². The SMILES string of the molecule is CC/C=C(/C)CC/C=C\C=C(\C)CC. The van der Waals surface area contributed by atoms with Gasteiger partial charge < -0.3 is 0 Å². The van der Waals surface area contributed by atoms with E-state index in [9.17, 15) is 0 Å².